The number of aliphatic carboxylic acids is 1. The lowest BCUT2D eigenvalue weighted by molar-refractivity contribution is -0.152. The van der Waals surface area contributed by atoms with Crippen LogP contribution in [0.1, 0.15) is 81.3 Å². The summed E-state index contributed by atoms with van der Waals surface area (Å²) in [5, 5.41) is 30.1. The Morgan fingerprint density at radius 3 is 2.20 bits per heavy atom. The van der Waals surface area contributed by atoms with E-state index in [0.717, 1.165) is 12.8 Å². The van der Waals surface area contributed by atoms with Crippen LogP contribution in [0.3, 0.4) is 0 Å². The molecule has 0 aromatic heterocycles. The monoisotopic (exact) mass is 348 g/mol. The van der Waals surface area contributed by atoms with Crippen molar-refractivity contribution in [2.45, 2.75) is 65.2 Å². The molecule has 0 unspecified atom stereocenters. The van der Waals surface area contributed by atoms with Crippen LogP contribution < -0.4 is 0 Å². The molecule has 138 valence electrons. The molecule has 1 aromatic carbocycles. The molecule has 1 aliphatic carbocycles. The maximum absolute atomic E-state index is 12.1. The predicted octanol–water partition coefficient (Wildman–Crippen LogP) is 4.38. The van der Waals surface area contributed by atoms with Gasteiger partial charge in [0.15, 0.2) is 0 Å². The number of carboxylic acid groups (broad SMARTS) is 2. The fourth-order valence-electron chi connectivity index (χ4n) is 4.68. The van der Waals surface area contributed by atoms with Gasteiger partial charge in [0, 0.05) is 5.41 Å². The smallest absolute Gasteiger partial charge is 0.335 e. The molecule has 0 heterocycles. The first-order valence-corrected chi connectivity index (χ1v) is 8.75. The Morgan fingerprint density at radius 1 is 1.12 bits per heavy atom. The van der Waals surface area contributed by atoms with Crippen LogP contribution >= 0.6 is 0 Å². The second-order valence-electron chi connectivity index (χ2n) is 8.45. The molecule has 1 aromatic rings. The van der Waals surface area contributed by atoms with E-state index in [1.54, 1.807) is 0 Å². The van der Waals surface area contributed by atoms with Crippen LogP contribution in [-0.4, -0.2) is 27.3 Å². The van der Waals surface area contributed by atoms with E-state index in [1.165, 1.54) is 12.1 Å². The third-order valence-electron chi connectivity index (χ3n) is 5.82. The van der Waals surface area contributed by atoms with E-state index in [4.69, 9.17) is 0 Å². The number of aromatic carboxylic acids is 1. The number of hydrogen-bond acceptors (Lipinski definition) is 3. The van der Waals surface area contributed by atoms with E-state index in [9.17, 15) is 24.9 Å². The number of phenolic OH excluding ortho intramolecular Hbond substituents is 1. The average molecular weight is 348 g/mol. The summed E-state index contributed by atoms with van der Waals surface area (Å²) in [6, 6.07) is 2.99. The molecule has 1 saturated carbocycles. The van der Waals surface area contributed by atoms with Gasteiger partial charge in [0.25, 0.3) is 0 Å². The van der Waals surface area contributed by atoms with Crippen LogP contribution in [0.2, 0.25) is 0 Å². The largest absolute Gasteiger partial charge is 0.508 e. The highest BCUT2D eigenvalue weighted by Gasteiger charge is 2.52. The zero-order chi connectivity index (χ0) is 19.2. The number of aromatic hydroxyl groups is 1. The van der Waals surface area contributed by atoms with E-state index >= 15 is 0 Å². The Bertz CT molecular complexity index is 704. The molecular formula is C20H28O5. The van der Waals surface area contributed by atoms with Gasteiger partial charge in [0.1, 0.15) is 5.75 Å². The summed E-state index contributed by atoms with van der Waals surface area (Å²) in [6.45, 7) is 9.43. The van der Waals surface area contributed by atoms with Crippen molar-refractivity contribution in [2.75, 3.05) is 0 Å². The quantitative estimate of drug-likeness (QED) is 0.750. The van der Waals surface area contributed by atoms with Gasteiger partial charge in [-0.3, -0.25) is 4.79 Å². The number of hydrogen-bond donors (Lipinski definition) is 3. The lowest BCUT2D eigenvalue weighted by atomic mass is 9.53. The van der Waals surface area contributed by atoms with Crippen molar-refractivity contribution in [2.24, 2.45) is 11.3 Å². The first kappa shape index (κ1) is 19.3. The molecule has 0 saturated heterocycles. The molecule has 1 fully saturated rings. The Hall–Kier alpha value is -2.04. The Kier molecular flexibility index (Phi) is 4.90. The number of rotatable bonds is 4. The fraction of sp³-hybridized carbons (Fsp3) is 0.600. The van der Waals surface area contributed by atoms with Crippen molar-refractivity contribution >= 4 is 11.9 Å². The minimum absolute atomic E-state index is 0.0296. The normalized spacial score (nSPS) is 25.8. The number of benzene rings is 1. The number of carboxylic acids is 2. The van der Waals surface area contributed by atoms with E-state index < -0.39 is 28.7 Å². The van der Waals surface area contributed by atoms with Crippen molar-refractivity contribution in [1.82, 2.24) is 0 Å². The Labute approximate surface area is 148 Å². The lowest BCUT2D eigenvalue weighted by Crippen LogP contribution is -2.49. The molecular weight excluding hydrogens is 320 g/mol. The van der Waals surface area contributed by atoms with Gasteiger partial charge in [-0.2, -0.15) is 0 Å². The van der Waals surface area contributed by atoms with Gasteiger partial charge >= 0.3 is 11.9 Å². The summed E-state index contributed by atoms with van der Waals surface area (Å²) in [5.74, 6) is -2.74. The summed E-state index contributed by atoms with van der Waals surface area (Å²) in [6.07, 6.45) is 2.17. The minimum atomic E-state index is -1.09. The maximum atomic E-state index is 12.1. The number of carbonyl (C=O) groups is 2. The van der Waals surface area contributed by atoms with E-state index in [-0.39, 0.29) is 17.2 Å². The Balaban J connectivity index is 2.75. The molecule has 2 atom stereocenters. The highest BCUT2D eigenvalue weighted by molar-refractivity contribution is 5.91. The second-order valence-corrected chi connectivity index (χ2v) is 8.45. The van der Waals surface area contributed by atoms with Crippen molar-refractivity contribution in [3.05, 3.63) is 28.8 Å². The minimum Gasteiger partial charge on any atom is -0.508 e. The molecule has 0 amide bonds. The molecule has 0 bridgehead atoms. The molecule has 0 spiro atoms. The van der Waals surface area contributed by atoms with Crippen molar-refractivity contribution in [3.63, 3.8) is 0 Å². The summed E-state index contributed by atoms with van der Waals surface area (Å²) in [4.78, 5) is 24.0. The summed E-state index contributed by atoms with van der Waals surface area (Å²) >= 11 is 0. The summed E-state index contributed by atoms with van der Waals surface area (Å²) in [5.41, 5.74) is -0.239. The molecule has 5 heteroatoms. The topological polar surface area (TPSA) is 94.8 Å². The predicted molar refractivity (Wildman–Crippen MR) is 95.3 cm³/mol. The van der Waals surface area contributed by atoms with Gasteiger partial charge in [-0.15, -0.1) is 0 Å². The van der Waals surface area contributed by atoms with Crippen LogP contribution in [-0.2, 0) is 10.2 Å². The zero-order valence-corrected chi connectivity index (χ0v) is 15.6. The Morgan fingerprint density at radius 2 is 1.72 bits per heavy atom. The highest BCUT2D eigenvalue weighted by atomic mass is 16.4. The fourth-order valence-corrected chi connectivity index (χ4v) is 4.68. The van der Waals surface area contributed by atoms with Crippen LogP contribution in [0, 0.1) is 11.3 Å². The molecule has 25 heavy (non-hydrogen) atoms. The van der Waals surface area contributed by atoms with Crippen LogP contribution in [0.4, 0.5) is 0 Å². The van der Waals surface area contributed by atoms with E-state index in [2.05, 4.69) is 0 Å². The molecule has 1 aliphatic rings. The van der Waals surface area contributed by atoms with E-state index in [1.807, 2.05) is 34.6 Å². The van der Waals surface area contributed by atoms with Crippen molar-refractivity contribution in [3.8, 4) is 5.75 Å². The molecule has 5 nitrogen and oxygen atoms in total. The molecule has 0 radical (unpaired) electrons. The maximum Gasteiger partial charge on any atom is 0.335 e. The number of phenols is 1. The SMILES string of the molecule is CC(C)c1cc(C(=O)O)c([C@@]2(C)CCCC(C)(C)[C@@H]2C(=O)O)cc1O. The standard InChI is InChI=1S/C20H28O5/c1-11(2)12-9-13(17(22)23)14(10-15(12)21)20(5)8-6-7-19(3,4)16(20)18(24)25/h9-11,16,21H,6-8H2,1-5H3,(H,22,23)(H,24,25)/t16-,20+/m0/s1. The first-order valence-electron chi connectivity index (χ1n) is 8.75. The van der Waals surface area contributed by atoms with Gasteiger partial charge in [-0.05, 0) is 47.4 Å². The average Bonchev–Trinajstić information content (AvgIpc) is 2.44. The van der Waals surface area contributed by atoms with Crippen LogP contribution in [0.25, 0.3) is 0 Å². The third kappa shape index (κ3) is 3.24. The molecule has 0 aliphatic heterocycles. The van der Waals surface area contributed by atoms with Crippen molar-refractivity contribution < 1.29 is 24.9 Å². The zero-order valence-electron chi connectivity index (χ0n) is 15.6. The lowest BCUT2D eigenvalue weighted by Gasteiger charge is -2.49. The summed E-state index contributed by atoms with van der Waals surface area (Å²) < 4.78 is 0. The van der Waals surface area contributed by atoms with Gasteiger partial charge < -0.3 is 15.3 Å². The third-order valence-corrected chi connectivity index (χ3v) is 5.82. The van der Waals surface area contributed by atoms with Crippen molar-refractivity contribution in [1.29, 1.82) is 0 Å². The highest BCUT2D eigenvalue weighted by Crippen LogP contribution is 2.54. The van der Waals surface area contributed by atoms with Gasteiger partial charge in [0.05, 0.1) is 11.5 Å². The summed E-state index contributed by atoms with van der Waals surface area (Å²) in [7, 11) is 0. The van der Waals surface area contributed by atoms with E-state index in [0.29, 0.717) is 17.5 Å². The van der Waals surface area contributed by atoms with Gasteiger partial charge in [-0.1, -0.05) is 41.0 Å². The van der Waals surface area contributed by atoms with Gasteiger partial charge in [0.2, 0.25) is 0 Å². The second kappa shape index (κ2) is 6.36. The van der Waals surface area contributed by atoms with Crippen LogP contribution in [0.5, 0.6) is 5.75 Å². The molecule has 3 N–H and O–H groups in total. The van der Waals surface area contributed by atoms with Crippen LogP contribution in [0.15, 0.2) is 12.1 Å². The first-order chi connectivity index (χ1) is 11.4. The van der Waals surface area contributed by atoms with Gasteiger partial charge in [-0.25, -0.2) is 4.79 Å². The molecule has 2 rings (SSSR count).